The fourth-order valence-electron chi connectivity index (χ4n) is 4.84. The molecule has 0 aliphatic rings. The first kappa shape index (κ1) is 34.0. The van der Waals surface area contributed by atoms with E-state index < -0.39 is 0 Å². The van der Waals surface area contributed by atoms with Gasteiger partial charge in [-0.15, -0.1) is 0 Å². The molecule has 1 nitrogen and oxygen atoms in total. The van der Waals surface area contributed by atoms with Crippen molar-refractivity contribution in [2.45, 2.75) is 194 Å². The van der Waals surface area contributed by atoms with Crippen molar-refractivity contribution in [2.24, 2.45) is 0 Å². The molecule has 34 heavy (non-hydrogen) atoms. The van der Waals surface area contributed by atoms with Crippen molar-refractivity contribution in [3.8, 4) is 0 Å². The zero-order chi connectivity index (χ0) is 24.8. The number of carbonyl (C=O) groups is 1. The fraction of sp³-hybridized carbons (Fsp3) is 0.969. The summed E-state index contributed by atoms with van der Waals surface area (Å²) in [6.07, 6.45) is 38.3. The van der Waals surface area contributed by atoms with Crippen LogP contribution in [0.1, 0.15) is 194 Å². The Kier molecular flexibility index (Phi) is 31.1. The molecule has 0 aliphatic carbocycles. The van der Waals surface area contributed by atoms with Gasteiger partial charge in [-0.05, 0) is 12.8 Å². The lowest BCUT2D eigenvalue weighted by Gasteiger charge is -2.04. The Morgan fingerprint density at radius 3 is 0.971 bits per heavy atom. The Bertz CT molecular complexity index is 381. The van der Waals surface area contributed by atoms with Gasteiger partial charge in [-0.25, -0.2) is 0 Å². The maximum Gasteiger partial charge on any atom is 0.188 e. The number of carbonyl (C=O) groups excluding carboxylic acids is 1. The van der Waals surface area contributed by atoms with Crippen LogP contribution in [0.25, 0.3) is 0 Å². The van der Waals surface area contributed by atoms with Gasteiger partial charge in [-0.3, -0.25) is 4.79 Å². The molecule has 0 aromatic heterocycles. The van der Waals surface area contributed by atoms with Gasteiger partial charge in [0, 0.05) is 12.2 Å². The van der Waals surface area contributed by atoms with Gasteiger partial charge in [0.25, 0.3) is 0 Å². The summed E-state index contributed by atoms with van der Waals surface area (Å²) in [5, 5.41) is 0.442. The number of thioether (sulfide) groups is 1. The highest BCUT2D eigenvalue weighted by Crippen LogP contribution is 2.17. The average Bonchev–Trinajstić information content (AvgIpc) is 2.84. The van der Waals surface area contributed by atoms with E-state index in [0.717, 1.165) is 18.6 Å². The smallest absolute Gasteiger partial charge is 0.188 e. The third-order valence-corrected chi connectivity index (χ3v) is 8.26. The van der Waals surface area contributed by atoms with E-state index in [4.69, 9.17) is 0 Å². The Labute approximate surface area is 220 Å². The van der Waals surface area contributed by atoms with E-state index in [9.17, 15) is 4.79 Å². The van der Waals surface area contributed by atoms with Crippen molar-refractivity contribution in [3.05, 3.63) is 0 Å². The maximum atomic E-state index is 12.0. The topological polar surface area (TPSA) is 17.1 Å². The minimum atomic E-state index is 0.442. The van der Waals surface area contributed by atoms with Crippen molar-refractivity contribution in [2.75, 3.05) is 5.75 Å². The summed E-state index contributed by atoms with van der Waals surface area (Å²) >= 11 is 1.61. The average molecular weight is 497 g/mol. The second kappa shape index (κ2) is 31.1. The van der Waals surface area contributed by atoms with Crippen LogP contribution in [0.15, 0.2) is 0 Å². The standard InChI is InChI=1S/C32H64OS/c1-3-5-7-9-11-13-15-17-18-19-20-22-24-26-28-30-32(33)34-31-29-27-25-23-21-16-14-12-10-8-6-4-2/h3-31H2,1-2H3. The normalized spacial score (nSPS) is 11.4. The van der Waals surface area contributed by atoms with Crippen LogP contribution in [0.4, 0.5) is 0 Å². The molecule has 0 aliphatic heterocycles. The molecule has 0 unspecified atom stereocenters. The SMILES string of the molecule is CCCCCCCCCCCCCCCCCC(=O)SCCCCCCCCCCCCCC. The van der Waals surface area contributed by atoms with Gasteiger partial charge in [0.2, 0.25) is 0 Å². The zero-order valence-electron chi connectivity index (χ0n) is 23.8. The van der Waals surface area contributed by atoms with Crippen molar-refractivity contribution in [1.82, 2.24) is 0 Å². The molecule has 0 saturated carbocycles. The van der Waals surface area contributed by atoms with Gasteiger partial charge in [0.15, 0.2) is 5.12 Å². The van der Waals surface area contributed by atoms with Crippen LogP contribution >= 0.6 is 11.8 Å². The predicted molar refractivity (Wildman–Crippen MR) is 158 cm³/mol. The highest BCUT2D eigenvalue weighted by Gasteiger charge is 2.03. The van der Waals surface area contributed by atoms with E-state index in [1.807, 2.05) is 0 Å². The molecule has 0 aromatic rings. The second-order valence-corrected chi connectivity index (χ2v) is 12.0. The van der Waals surface area contributed by atoms with Gasteiger partial charge in [-0.1, -0.05) is 186 Å². The Morgan fingerprint density at radius 2 is 0.647 bits per heavy atom. The summed E-state index contributed by atoms with van der Waals surface area (Å²) < 4.78 is 0. The summed E-state index contributed by atoms with van der Waals surface area (Å²) in [6, 6.07) is 0. The molecule has 0 radical (unpaired) electrons. The monoisotopic (exact) mass is 496 g/mol. The minimum Gasteiger partial charge on any atom is -0.287 e. The van der Waals surface area contributed by atoms with Crippen molar-refractivity contribution >= 4 is 16.9 Å². The molecule has 0 fully saturated rings. The first-order chi connectivity index (χ1) is 16.8. The van der Waals surface area contributed by atoms with Crippen LogP contribution in [-0.2, 0) is 4.79 Å². The van der Waals surface area contributed by atoms with Gasteiger partial charge >= 0.3 is 0 Å². The van der Waals surface area contributed by atoms with Crippen molar-refractivity contribution in [1.29, 1.82) is 0 Å². The highest BCUT2D eigenvalue weighted by molar-refractivity contribution is 8.13. The van der Waals surface area contributed by atoms with Gasteiger partial charge in [0.1, 0.15) is 0 Å². The first-order valence-electron chi connectivity index (χ1n) is 16.0. The second-order valence-electron chi connectivity index (χ2n) is 10.8. The van der Waals surface area contributed by atoms with E-state index >= 15 is 0 Å². The van der Waals surface area contributed by atoms with Gasteiger partial charge in [0.05, 0.1) is 0 Å². The highest BCUT2D eigenvalue weighted by atomic mass is 32.2. The predicted octanol–water partition coefficient (Wildman–Crippen LogP) is 12.2. The third kappa shape index (κ3) is 30.1. The van der Waals surface area contributed by atoms with Gasteiger partial charge < -0.3 is 0 Å². The van der Waals surface area contributed by atoms with Crippen LogP contribution in [0.3, 0.4) is 0 Å². The number of hydrogen-bond acceptors (Lipinski definition) is 2. The number of hydrogen-bond donors (Lipinski definition) is 0. The molecular formula is C32H64OS. The van der Waals surface area contributed by atoms with Crippen LogP contribution in [0.2, 0.25) is 0 Å². The third-order valence-electron chi connectivity index (χ3n) is 7.25. The lowest BCUT2D eigenvalue weighted by atomic mass is 10.0. The largest absolute Gasteiger partial charge is 0.287 e. The lowest BCUT2D eigenvalue weighted by Crippen LogP contribution is -1.94. The maximum absolute atomic E-state index is 12.0. The molecule has 0 aromatic carbocycles. The minimum absolute atomic E-state index is 0.442. The van der Waals surface area contributed by atoms with Crippen molar-refractivity contribution in [3.63, 3.8) is 0 Å². The quantitative estimate of drug-likeness (QED) is 0.0957. The van der Waals surface area contributed by atoms with E-state index in [2.05, 4.69) is 13.8 Å². The summed E-state index contributed by atoms with van der Waals surface area (Å²) in [4.78, 5) is 12.0. The summed E-state index contributed by atoms with van der Waals surface area (Å²) in [5.74, 6) is 1.05. The number of unbranched alkanes of at least 4 members (excludes halogenated alkanes) is 25. The molecule has 0 amide bonds. The molecule has 0 bridgehead atoms. The lowest BCUT2D eigenvalue weighted by molar-refractivity contribution is -0.111. The van der Waals surface area contributed by atoms with Crippen LogP contribution in [-0.4, -0.2) is 10.9 Å². The molecule has 0 heterocycles. The Morgan fingerprint density at radius 1 is 0.382 bits per heavy atom. The molecule has 0 saturated heterocycles. The van der Waals surface area contributed by atoms with Gasteiger partial charge in [-0.2, -0.15) is 0 Å². The summed E-state index contributed by atoms with van der Waals surface area (Å²) in [5.41, 5.74) is 0. The van der Waals surface area contributed by atoms with Crippen LogP contribution in [0.5, 0.6) is 0 Å². The summed E-state index contributed by atoms with van der Waals surface area (Å²) in [7, 11) is 0. The van der Waals surface area contributed by atoms with E-state index in [1.54, 1.807) is 11.8 Å². The number of rotatable bonds is 29. The molecular weight excluding hydrogens is 432 g/mol. The summed E-state index contributed by atoms with van der Waals surface area (Å²) in [6.45, 7) is 4.58. The Balaban J connectivity index is 3.14. The fourth-order valence-corrected chi connectivity index (χ4v) is 5.71. The van der Waals surface area contributed by atoms with Crippen molar-refractivity contribution < 1.29 is 4.79 Å². The Hall–Kier alpha value is 0.0200. The molecule has 204 valence electrons. The molecule has 0 spiro atoms. The van der Waals surface area contributed by atoms with Crippen LogP contribution in [0, 0.1) is 0 Å². The van der Waals surface area contributed by atoms with E-state index in [-0.39, 0.29) is 0 Å². The molecule has 0 atom stereocenters. The first-order valence-corrected chi connectivity index (χ1v) is 17.0. The van der Waals surface area contributed by atoms with Crippen LogP contribution < -0.4 is 0 Å². The molecule has 0 rings (SSSR count). The molecule has 2 heteroatoms. The van der Waals surface area contributed by atoms with E-state index in [1.165, 1.54) is 167 Å². The van der Waals surface area contributed by atoms with E-state index in [0.29, 0.717) is 5.12 Å². The zero-order valence-corrected chi connectivity index (χ0v) is 24.6. The molecule has 0 N–H and O–H groups in total.